The van der Waals surface area contributed by atoms with Gasteiger partial charge in [-0.2, -0.15) is 0 Å². The van der Waals surface area contributed by atoms with Crippen LogP contribution in [0.4, 0.5) is 0 Å². The third-order valence-electron chi connectivity index (χ3n) is 7.23. The Kier molecular flexibility index (Phi) is 11.0. The molecule has 236 valence electrons. The zero-order chi connectivity index (χ0) is 32.7. The second kappa shape index (κ2) is 14.7. The number of esters is 4. The maximum absolute atomic E-state index is 12.9. The van der Waals surface area contributed by atoms with Gasteiger partial charge >= 0.3 is 23.9 Å². The van der Waals surface area contributed by atoms with Gasteiger partial charge in [0.2, 0.25) is 0 Å². The fourth-order valence-corrected chi connectivity index (χ4v) is 5.36. The molecule has 0 aliphatic heterocycles. The molecule has 0 amide bonds. The molecule has 0 spiro atoms. The fraction of sp³-hybridized carbons (Fsp3) is 0.333. The number of ether oxygens (including phenoxy) is 4. The zero-order valence-corrected chi connectivity index (χ0v) is 26.5. The van der Waals surface area contributed by atoms with Gasteiger partial charge in [0.1, 0.15) is 26.4 Å². The van der Waals surface area contributed by atoms with Crippen molar-refractivity contribution in [2.45, 2.75) is 44.9 Å². The summed E-state index contributed by atoms with van der Waals surface area (Å²) in [6, 6.07) is 10.9. The van der Waals surface area contributed by atoms with Gasteiger partial charge in [-0.3, -0.25) is 9.59 Å². The summed E-state index contributed by atoms with van der Waals surface area (Å²) >= 11 is 12.6. The molecule has 45 heavy (non-hydrogen) atoms. The molecule has 1 heterocycles. The smallest absolute Gasteiger partial charge is 0.333 e. The number of hydrogen-bond donors (Lipinski definition) is 0. The van der Waals surface area contributed by atoms with Gasteiger partial charge < -0.3 is 18.9 Å². The fourth-order valence-electron chi connectivity index (χ4n) is 5.04. The Labute approximate surface area is 270 Å². The lowest BCUT2D eigenvalue weighted by Gasteiger charge is -2.30. The van der Waals surface area contributed by atoms with Crippen molar-refractivity contribution in [3.05, 3.63) is 82.0 Å². The quantitative estimate of drug-likeness (QED) is 0.0871. The highest BCUT2D eigenvalue weighted by Crippen LogP contribution is 2.52. The maximum Gasteiger partial charge on any atom is 0.333 e. The first-order valence-electron chi connectivity index (χ1n) is 14.2. The summed E-state index contributed by atoms with van der Waals surface area (Å²) in [5.41, 5.74) is 3.46. The highest BCUT2D eigenvalue weighted by molar-refractivity contribution is 6.42. The van der Waals surface area contributed by atoms with E-state index in [1.54, 1.807) is 12.1 Å². The van der Waals surface area contributed by atoms with Gasteiger partial charge in [-0.25, -0.2) is 19.6 Å². The monoisotopic (exact) mass is 654 g/mol. The molecule has 0 saturated heterocycles. The summed E-state index contributed by atoms with van der Waals surface area (Å²) in [5.74, 6) is -2.18. The molecule has 1 aromatic heterocycles. The van der Waals surface area contributed by atoms with E-state index in [2.05, 4.69) is 13.2 Å². The molecule has 2 aromatic carbocycles. The lowest BCUT2D eigenvalue weighted by Crippen LogP contribution is -2.29. The second-order valence-electron chi connectivity index (χ2n) is 10.6. The van der Waals surface area contributed by atoms with Crippen molar-refractivity contribution in [1.82, 2.24) is 9.97 Å². The van der Waals surface area contributed by atoms with E-state index < -0.39 is 29.3 Å². The summed E-state index contributed by atoms with van der Waals surface area (Å²) in [6.45, 7) is 9.62. The van der Waals surface area contributed by atoms with Gasteiger partial charge in [-0.15, -0.1) is 0 Å². The molecule has 1 aliphatic carbocycles. The highest BCUT2D eigenvalue weighted by Gasteiger charge is 2.46. The third kappa shape index (κ3) is 7.87. The van der Waals surface area contributed by atoms with Crippen molar-refractivity contribution in [3.8, 4) is 11.3 Å². The Morgan fingerprint density at radius 2 is 1.20 bits per heavy atom. The maximum atomic E-state index is 12.9. The van der Waals surface area contributed by atoms with Gasteiger partial charge in [0.05, 0.1) is 32.5 Å². The first-order chi connectivity index (χ1) is 21.4. The summed E-state index contributed by atoms with van der Waals surface area (Å²) in [6.07, 6.45) is 0.392. The largest absolute Gasteiger partial charge is 0.462 e. The number of rotatable bonds is 14. The van der Waals surface area contributed by atoms with Gasteiger partial charge in [0, 0.05) is 35.0 Å². The van der Waals surface area contributed by atoms with E-state index in [9.17, 15) is 19.2 Å². The normalized spacial score (nSPS) is 12.5. The molecule has 3 aromatic rings. The molecule has 1 aliphatic rings. The van der Waals surface area contributed by atoms with Crippen molar-refractivity contribution in [2.24, 2.45) is 0 Å². The first kappa shape index (κ1) is 33.6. The molecule has 0 bridgehead atoms. The van der Waals surface area contributed by atoms with E-state index in [1.165, 1.54) is 13.8 Å². The second-order valence-corrected chi connectivity index (χ2v) is 11.4. The minimum absolute atomic E-state index is 0.0325. The molecule has 4 rings (SSSR count). The van der Waals surface area contributed by atoms with Gasteiger partial charge in [-0.05, 0) is 44.4 Å². The van der Waals surface area contributed by atoms with Crippen molar-refractivity contribution in [2.75, 3.05) is 26.4 Å². The van der Waals surface area contributed by atoms with Crippen LogP contribution in [0.1, 0.15) is 50.8 Å². The number of halogens is 2. The Morgan fingerprint density at radius 3 is 1.71 bits per heavy atom. The van der Waals surface area contributed by atoms with Gasteiger partial charge in [-0.1, -0.05) is 60.6 Å². The topological polar surface area (TPSA) is 131 Å². The van der Waals surface area contributed by atoms with Crippen LogP contribution in [0.2, 0.25) is 10.0 Å². The van der Waals surface area contributed by atoms with Crippen LogP contribution >= 0.6 is 23.2 Å². The molecule has 0 N–H and O–H groups in total. The molecule has 0 fully saturated rings. The van der Waals surface area contributed by atoms with E-state index in [0.29, 0.717) is 32.5 Å². The Hall–Kier alpha value is -4.28. The lowest BCUT2D eigenvalue weighted by molar-refractivity contribution is -0.150. The number of hydrogen-bond acceptors (Lipinski definition) is 10. The summed E-state index contributed by atoms with van der Waals surface area (Å²) in [5, 5.41) is 0.649. The SMILES string of the molecule is C=C(C)C(=O)OCCOC(=O)CCC1(CCC(=O)OCCOC(=O)C(=C)C)c2ccccc2-c2nc3cc(Cl)c(Cl)cc3nc21. The van der Waals surface area contributed by atoms with E-state index in [0.717, 1.165) is 11.1 Å². The average Bonchev–Trinajstić information content (AvgIpc) is 3.27. The van der Waals surface area contributed by atoms with Crippen molar-refractivity contribution in [1.29, 1.82) is 0 Å². The van der Waals surface area contributed by atoms with Crippen LogP contribution in [-0.4, -0.2) is 60.3 Å². The minimum atomic E-state index is -0.921. The Bertz CT molecular complexity index is 1640. The van der Waals surface area contributed by atoms with E-state index in [-0.39, 0.29) is 63.3 Å². The zero-order valence-electron chi connectivity index (χ0n) is 25.0. The number of benzene rings is 2. The molecule has 0 atom stereocenters. The Morgan fingerprint density at radius 1 is 0.733 bits per heavy atom. The van der Waals surface area contributed by atoms with E-state index in [4.69, 9.17) is 52.1 Å². The van der Waals surface area contributed by atoms with Crippen LogP contribution < -0.4 is 0 Å². The van der Waals surface area contributed by atoms with Crippen molar-refractivity contribution < 1.29 is 38.1 Å². The lowest BCUT2D eigenvalue weighted by atomic mass is 9.73. The molecular formula is C33H32Cl2N2O8. The van der Waals surface area contributed by atoms with Crippen molar-refractivity contribution >= 4 is 58.1 Å². The number of carbonyl (C=O) groups excluding carboxylic acids is 4. The average molecular weight is 656 g/mol. The third-order valence-corrected chi connectivity index (χ3v) is 7.95. The molecule has 0 saturated carbocycles. The van der Waals surface area contributed by atoms with Crippen LogP contribution in [0.15, 0.2) is 60.7 Å². The summed E-state index contributed by atoms with van der Waals surface area (Å²) in [7, 11) is 0. The summed E-state index contributed by atoms with van der Waals surface area (Å²) < 4.78 is 20.6. The number of nitrogens with zero attached hydrogens (tertiary/aromatic N) is 2. The summed E-state index contributed by atoms with van der Waals surface area (Å²) in [4.78, 5) is 58.8. The highest BCUT2D eigenvalue weighted by atomic mass is 35.5. The number of fused-ring (bicyclic) bond motifs is 4. The van der Waals surface area contributed by atoms with E-state index >= 15 is 0 Å². The van der Waals surface area contributed by atoms with Gasteiger partial charge in [0.15, 0.2) is 0 Å². The molecular weight excluding hydrogens is 623 g/mol. The van der Waals surface area contributed by atoms with Crippen LogP contribution in [0.25, 0.3) is 22.3 Å². The van der Waals surface area contributed by atoms with Crippen LogP contribution in [0.3, 0.4) is 0 Å². The predicted molar refractivity (Wildman–Crippen MR) is 168 cm³/mol. The predicted octanol–water partition coefficient (Wildman–Crippen LogP) is 6.09. The van der Waals surface area contributed by atoms with Crippen LogP contribution in [0, 0.1) is 0 Å². The van der Waals surface area contributed by atoms with E-state index in [1.807, 2.05) is 24.3 Å². The van der Waals surface area contributed by atoms with Crippen LogP contribution in [-0.2, 0) is 43.5 Å². The molecule has 0 unspecified atom stereocenters. The Balaban J connectivity index is 1.59. The first-order valence-corrected chi connectivity index (χ1v) is 14.9. The molecule has 10 nitrogen and oxygen atoms in total. The van der Waals surface area contributed by atoms with Crippen molar-refractivity contribution in [3.63, 3.8) is 0 Å². The molecule has 0 radical (unpaired) electrons. The number of aromatic nitrogens is 2. The molecule has 12 heteroatoms. The van der Waals surface area contributed by atoms with Crippen LogP contribution in [0.5, 0.6) is 0 Å². The number of carbonyl (C=O) groups is 4. The minimum Gasteiger partial charge on any atom is -0.462 e. The standard InChI is InChI=1S/C33H32Cl2N2O8/c1-19(2)31(40)44-15-13-42-27(38)9-11-33(12-10-28(39)43-14-16-45-32(41)20(3)4)22-8-6-5-7-21(22)29-30(33)37-26-18-24(35)23(34)17-25(26)36-29/h5-8,17-18H,1,3,9-16H2,2,4H3. The van der Waals surface area contributed by atoms with Gasteiger partial charge in [0.25, 0.3) is 0 Å².